The van der Waals surface area contributed by atoms with Crippen molar-refractivity contribution >= 4 is 46.5 Å². The lowest BCUT2D eigenvalue weighted by atomic mass is 9.92. The number of carboxylic acid groups (broad SMARTS) is 1. The maximum atomic E-state index is 14.0. The van der Waals surface area contributed by atoms with Crippen LogP contribution in [-0.4, -0.2) is 75.4 Å². The first-order valence-electron chi connectivity index (χ1n) is 18.8. The molecule has 292 valence electrons. The molecule has 1 aliphatic carbocycles. The van der Waals surface area contributed by atoms with E-state index in [4.69, 9.17) is 21.3 Å². The van der Waals surface area contributed by atoms with Gasteiger partial charge in [0, 0.05) is 36.4 Å². The smallest absolute Gasteiger partial charge is 0.308 e. The van der Waals surface area contributed by atoms with E-state index in [9.17, 15) is 28.8 Å². The van der Waals surface area contributed by atoms with Crippen molar-refractivity contribution in [2.45, 2.75) is 127 Å². The highest BCUT2D eigenvalue weighted by molar-refractivity contribution is 5.97. The number of hydrogen-bond acceptors (Lipinski definition) is 8. The number of aromatic amines is 1. The van der Waals surface area contributed by atoms with Crippen LogP contribution >= 0.6 is 0 Å². The highest BCUT2D eigenvalue weighted by atomic mass is 16.5. The Labute approximate surface area is 315 Å². The summed E-state index contributed by atoms with van der Waals surface area (Å²) in [5.41, 5.74) is 13.2. The van der Waals surface area contributed by atoms with Gasteiger partial charge in [-0.1, -0.05) is 74.2 Å². The summed E-state index contributed by atoms with van der Waals surface area (Å²) in [5.74, 6) is -4.54. The van der Waals surface area contributed by atoms with Crippen molar-refractivity contribution in [1.82, 2.24) is 20.9 Å². The quantitative estimate of drug-likeness (QED) is 0.0625. The predicted octanol–water partition coefficient (Wildman–Crippen LogP) is 3.30. The molecule has 1 saturated carbocycles. The van der Waals surface area contributed by atoms with Crippen LogP contribution in [0.15, 0.2) is 60.8 Å². The molecule has 4 atom stereocenters. The summed E-state index contributed by atoms with van der Waals surface area (Å²) in [4.78, 5) is 81.4. The van der Waals surface area contributed by atoms with Gasteiger partial charge in [-0.25, -0.2) is 0 Å². The molecule has 1 fully saturated rings. The van der Waals surface area contributed by atoms with Gasteiger partial charge in [0.25, 0.3) is 0 Å². The van der Waals surface area contributed by atoms with Crippen molar-refractivity contribution in [2.75, 3.05) is 0 Å². The van der Waals surface area contributed by atoms with Gasteiger partial charge in [0.1, 0.15) is 24.2 Å². The number of ether oxygens (including phenoxy) is 1. The Morgan fingerprint density at radius 2 is 1.50 bits per heavy atom. The zero-order valence-corrected chi connectivity index (χ0v) is 30.9. The maximum absolute atomic E-state index is 14.0. The van der Waals surface area contributed by atoms with Crippen molar-refractivity contribution in [3.8, 4) is 0 Å². The zero-order chi connectivity index (χ0) is 39.1. The van der Waals surface area contributed by atoms with E-state index in [0.29, 0.717) is 38.5 Å². The first-order chi connectivity index (χ1) is 25.8. The highest BCUT2D eigenvalue weighted by Gasteiger charge is 2.35. The Balaban J connectivity index is 1.52. The molecule has 0 aliphatic heterocycles. The number of aliphatic carboxylic acids is 1. The third kappa shape index (κ3) is 13.0. The fraction of sp³-hybridized carbons (Fsp3) is 0.500. The predicted molar refractivity (Wildman–Crippen MR) is 203 cm³/mol. The third-order valence-electron chi connectivity index (χ3n) is 9.80. The number of fused-ring (bicyclic) bond motifs is 1. The van der Waals surface area contributed by atoms with E-state index in [-0.39, 0.29) is 31.8 Å². The van der Waals surface area contributed by atoms with Crippen molar-refractivity contribution in [1.29, 1.82) is 0 Å². The number of unbranched alkanes of at least 4 members (excludes halogenated alkanes) is 3. The lowest BCUT2D eigenvalue weighted by Crippen LogP contribution is -2.60. The summed E-state index contributed by atoms with van der Waals surface area (Å²) < 4.78 is 5.68. The van der Waals surface area contributed by atoms with Crippen LogP contribution in [0.1, 0.15) is 95.1 Å². The Morgan fingerprint density at radius 1 is 0.852 bits per heavy atom. The average molecular weight is 747 g/mol. The molecule has 0 radical (unpaired) electrons. The lowest BCUT2D eigenvalue weighted by Gasteiger charge is -2.29. The van der Waals surface area contributed by atoms with E-state index in [1.165, 1.54) is 0 Å². The van der Waals surface area contributed by atoms with Crippen LogP contribution in [0.3, 0.4) is 0 Å². The van der Waals surface area contributed by atoms with E-state index in [0.717, 1.165) is 41.3 Å². The Hall–Kier alpha value is -5.24. The van der Waals surface area contributed by atoms with Gasteiger partial charge in [-0.05, 0) is 62.6 Å². The molecule has 1 aromatic heterocycles. The van der Waals surface area contributed by atoms with Crippen LogP contribution in [0.25, 0.3) is 10.9 Å². The van der Waals surface area contributed by atoms with Crippen LogP contribution < -0.4 is 27.4 Å². The summed E-state index contributed by atoms with van der Waals surface area (Å²) in [5, 5.41) is 17.9. The van der Waals surface area contributed by atoms with Crippen LogP contribution in [0, 0.1) is 0 Å². The molecule has 14 nitrogen and oxygen atoms in total. The number of hydrogen-bond donors (Lipinski definition) is 7. The van der Waals surface area contributed by atoms with Crippen molar-refractivity contribution in [3.63, 3.8) is 0 Å². The number of para-hydroxylation sites is 1. The minimum absolute atomic E-state index is 0.0182. The Morgan fingerprint density at radius 3 is 2.20 bits per heavy atom. The van der Waals surface area contributed by atoms with Crippen molar-refractivity contribution in [3.05, 3.63) is 71.9 Å². The van der Waals surface area contributed by atoms with Crippen molar-refractivity contribution in [2.24, 2.45) is 11.5 Å². The van der Waals surface area contributed by atoms with E-state index >= 15 is 0 Å². The topological polar surface area (TPSA) is 236 Å². The fourth-order valence-corrected chi connectivity index (χ4v) is 6.73. The molecule has 0 saturated heterocycles. The third-order valence-corrected chi connectivity index (χ3v) is 9.80. The number of H-pyrrole nitrogens is 1. The summed E-state index contributed by atoms with van der Waals surface area (Å²) >= 11 is 0. The molecule has 0 bridgehead atoms. The number of carbonyl (C=O) groups excluding carboxylic acids is 5. The molecule has 1 heterocycles. The van der Waals surface area contributed by atoms with E-state index in [2.05, 4.69) is 20.9 Å². The number of carbonyl (C=O) groups is 6. The number of carboxylic acids is 1. The number of amides is 4. The monoisotopic (exact) mass is 746 g/mol. The van der Waals surface area contributed by atoms with Gasteiger partial charge in [-0.2, -0.15) is 0 Å². The summed E-state index contributed by atoms with van der Waals surface area (Å²) in [6.45, 7) is 1.57. The number of benzene rings is 2. The summed E-state index contributed by atoms with van der Waals surface area (Å²) in [6, 6.07) is 12.8. The zero-order valence-electron chi connectivity index (χ0n) is 30.9. The van der Waals surface area contributed by atoms with Gasteiger partial charge in [-0.15, -0.1) is 0 Å². The summed E-state index contributed by atoms with van der Waals surface area (Å²) in [6.07, 6.45) is 7.73. The molecule has 14 heteroatoms. The molecular weight excluding hydrogens is 692 g/mol. The molecule has 4 amide bonds. The van der Waals surface area contributed by atoms with E-state index in [1.54, 1.807) is 37.4 Å². The SMILES string of the molecule is C[C@@](N)(Cc1c[nH]c2ccccc12)C(=O)N[C@@H](CCCCCCC(=O)O)C(=O)N[C@@H](CC(=O)OC1CCCCC1)C(=O)N[C@@H](Cc1ccccc1)C(N)=O. The molecule has 3 aromatic rings. The number of esters is 1. The van der Waals surface area contributed by atoms with E-state index in [1.807, 2.05) is 30.3 Å². The Bertz CT molecular complexity index is 1740. The van der Waals surface area contributed by atoms with Gasteiger partial charge >= 0.3 is 11.9 Å². The van der Waals surface area contributed by atoms with Crippen LogP contribution in [0.2, 0.25) is 0 Å². The number of nitrogens with one attached hydrogen (secondary N) is 4. The van der Waals surface area contributed by atoms with Gasteiger partial charge in [-0.3, -0.25) is 28.8 Å². The van der Waals surface area contributed by atoms with Crippen LogP contribution in [0.5, 0.6) is 0 Å². The number of rotatable bonds is 21. The first-order valence-corrected chi connectivity index (χ1v) is 18.8. The highest BCUT2D eigenvalue weighted by Crippen LogP contribution is 2.23. The second kappa shape index (κ2) is 20.3. The second-order valence-electron chi connectivity index (χ2n) is 14.5. The average Bonchev–Trinajstić information content (AvgIpc) is 3.54. The fourth-order valence-electron chi connectivity index (χ4n) is 6.73. The maximum Gasteiger partial charge on any atom is 0.308 e. The minimum Gasteiger partial charge on any atom is -0.481 e. The van der Waals surface area contributed by atoms with Crippen LogP contribution in [-0.2, 0) is 46.3 Å². The van der Waals surface area contributed by atoms with Crippen LogP contribution in [0.4, 0.5) is 0 Å². The number of nitrogens with two attached hydrogens (primary N) is 2. The molecule has 0 unspecified atom stereocenters. The van der Waals surface area contributed by atoms with Gasteiger partial charge < -0.3 is 42.2 Å². The van der Waals surface area contributed by atoms with E-state index < -0.39 is 65.7 Å². The minimum atomic E-state index is -1.46. The van der Waals surface area contributed by atoms with Gasteiger partial charge in [0.05, 0.1) is 12.0 Å². The molecule has 54 heavy (non-hydrogen) atoms. The molecule has 2 aromatic carbocycles. The number of aromatic nitrogens is 1. The molecule has 4 rings (SSSR count). The normalized spacial score (nSPS) is 16.0. The molecule has 0 spiro atoms. The first kappa shape index (κ1) is 41.5. The molecular formula is C40H54N6O8. The Kier molecular flexibility index (Phi) is 15.6. The lowest BCUT2D eigenvalue weighted by molar-refractivity contribution is -0.152. The number of primary amides is 1. The standard InChI is InChI=1S/C40H54N6O8/c1-40(42,24-27-25-43-30-19-13-12-18-29(27)30)39(53)46-31(20-10-2-3-11-21-34(47)48)37(51)45-33(23-35(49)54-28-16-8-5-9-17-28)38(52)44-32(36(41)50)22-26-14-6-4-7-15-26/h4,6-7,12-15,18-19,25,28,31-33,43H,2-3,5,8-11,16-17,20-24,42H2,1H3,(H2,41,50)(H,44,52)(H,45,51)(H,46,53)(H,47,48)/t31-,32-,33-,40+/m0/s1. The largest absolute Gasteiger partial charge is 0.481 e. The molecule has 1 aliphatic rings. The van der Waals surface area contributed by atoms with Crippen molar-refractivity contribution < 1.29 is 38.6 Å². The summed E-state index contributed by atoms with van der Waals surface area (Å²) in [7, 11) is 0. The second-order valence-corrected chi connectivity index (χ2v) is 14.5. The van der Waals surface area contributed by atoms with Gasteiger partial charge in [0.15, 0.2) is 0 Å². The van der Waals surface area contributed by atoms with Gasteiger partial charge in [0.2, 0.25) is 23.6 Å². The molecule has 9 N–H and O–H groups in total.